The van der Waals surface area contributed by atoms with E-state index in [4.69, 9.17) is 0 Å². The molecule has 0 spiro atoms. The van der Waals surface area contributed by atoms with Crippen LogP contribution in [-0.2, 0) is 19.0 Å². The van der Waals surface area contributed by atoms with Gasteiger partial charge in [0.15, 0.2) is 0 Å². The predicted octanol–water partition coefficient (Wildman–Crippen LogP) is 2.81. The summed E-state index contributed by atoms with van der Waals surface area (Å²) in [4.78, 5) is 3.94. The van der Waals surface area contributed by atoms with Gasteiger partial charge in [0.25, 0.3) is 0 Å². The van der Waals surface area contributed by atoms with Crippen LogP contribution in [0.5, 0.6) is 0 Å². The van der Waals surface area contributed by atoms with Crippen molar-refractivity contribution in [2.24, 2.45) is 0 Å². The molecule has 0 aromatic carbocycles. The molecule has 1 aromatic heterocycles. The van der Waals surface area contributed by atoms with Crippen molar-refractivity contribution in [3.8, 4) is 0 Å². The number of hydrogen-bond donors (Lipinski definition) is 1. The molecule has 0 aliphatic carbocycles. The average molecular weight is 246 g/mol. The van der Waals surface area contributed by atoms with E-state index in [1.807, 2.05) is 14.0 Å². The van der Waals surface area contributed by atoms with E-state index in [1.54, 1.807) is 0 Å². The molecule has 1 heterocycles. The van der Waals surface area contributed by atoms with E-state index in [1.165, 1.54) is 6.07 Å². The van der Waals surface area contributed by atoms with E-state index in [2.05, 4.69) is 10.3 Å². The maximum Gasteiger partial charge on any atom is 0.417 e. The highest BCUT2D eigenvalue weighted by molar-refractivity contribution is 5.27. The second-order valence-electron chi connectivity index (χ2n) is 3.93. The largest absolute Gasteiger partial charge is 0.417 e. The Balaban J connectivity index is 2.99. The summed E-state index contributed by atoms with van der Waals surface area (Å²) in [5.41, 5.74) is 0.806. The molecule has 0 bridgehead atoms. The molecule has 0 atom stereocenters. The summed E-state index contributed by atoms with van der Waals surface area (Å²) in [6, 6.07) is 1.22. The number of aryl methyl sites for hydroxylation is 1. The molecule has 1 rings (SSSR count). The quantitative estimate of drug-likeness (QED) is 0.864. The van der Waals surface area contributed by atoms with Gasteiger partial charge < -0.3 is 5.32 Å². The maximum absolute atomic E-state index is 12.5. The minimum absolute atomic E-state index is 0.635. The van der Waals surface area contributed by atoms with Crippen molar-refractivity contribution in [3.05, 3.63) is 29.1 Å². The van der Waals surface area contributed by atoms with Gasteiger partial charge in [-0.15, -0.1) is 0 Å². The Morgan fingerprint density at radius 3 is 2.53 bits per heavy atom. The number of likely N-dealkylation sites (N-methyl/N-ethyl adjacent to an activating group) is 1. The molecule has 0 aliphatic heterocycles. The third-order valence-electron chi connectivity index (χ3n) is 2.52. The van der Waals surface area contributed by atoms with Gasteiger partial charge in [-0.05, 0) is 25.1 Å². The summed E-state index contributed by atoms with van der Waals surface area (Å²) in [6.45, 7) is 2.66. The number of hydrogen-bond acceptors (Lipinski definition) is 2. The van der Waals surface area contributed by atoms with Crippen LogP contribution in [0, 0.1) is 0 Å². The summed E-state index contributed by atoms with van der Waals surface area (Å²) >= 11 is 0. The molecule has 0 amide bonds. The van der Waals surface area contributed by atoms with Crippen molar-refractivity contribution in [3.63, 3.8) is 0 Å². The third kappa shape index (κ3) is 4.00. The molecule has 17 heavy (non-hydrogen) atoms. The van der Waals surface area contributed by atoms with Crippen molar-refractivity contribution in [2.45, 2.75) is 32.4 Å². The number of pyridine rings is 1. The van der Waals surface area contributed by atoms with Crippen molar-refractivity contribution < 1.29 is 13.2 Å². The maximum atomic E-state index is 12.5. The van der Waals surface area contributed by atoms with Crippen LogP contribution in [0.4, 0.5) is 13.2 Å². The number of nitrogens with zero attached hydrogens (tertiary/aromatic N) is 1. The van der Waals surface area contributed by atoms with Crippen LogP contribution in [0.25, 0.3) is 0 Å². The fourth-order valence-electron chi connectivity index (χ4n) is 1.65. The molecule has 0 fully saturated rings. The van der Waals surface area contributed by atoms with Gasteiger partial charge in [0, 0.05) is 24.9 Å². The minimum Gasteiger partial charge on any atom is -0.319 e. The molecule has 0 aliphatic rings. The van der Waals surface area contributed by atoms with Gasteiger partial charge in [-0.1, -0.05) is 13.3 Å². The van der Waals surface area contributed by atoms with Gasteiger partial charge in [0.05, 0.1) is 5.56 Å². The van der Waals surface area contributed by atoms with E-state index in [9.17, 15) is 13.2 Å². The lowest BCUT2D eigenvalue weighted by Gasteiger charge is -2.12. The fourth-order valence-corrected chi connectivity index (χ4v) is 1.65. The van der Waals surface area contributed by atoms with Gasteiger partial charge in [0.2, 0.25) is 0 Å². The first kappa shape index (κ1) is 14.0. The van der Waals surface area contributed by atoms with E-state index in [-0.39, 0.29) is 0 Å². The second kappa shape index (κ2) is 6.00. The zero-order valence-electron chi connectivity index (χ0n) is 10.1. The Hall–Kier alpha value is -1.10. The number of alkyl halides is 3. The standard InChI is InChI=1S/C12H17F3N2/c1-3-4-9-7-10(12(13,14)15)8-17-11(9)5-6-16-2/h7-8,16H,3-6H2,1-2H3. The second-order valence-corrected chi connectivity index (χ2v) is 3.93. The van der Waals surface area contributed by atoms with E-state index >= 15 is 0 Å². The van der Waals surface area contributed by atoms with E-state index in [0.29, 0.717) is 18.4 Å². The first-order chi connectivity index (χ1) is 7.99. The van der Waals surface area contributed by atoms with Crippen LogP contribution in [0.3, 0.4) is 0 Å². The van der Waals surface area contributed by atoms with Gasteiger partial charge in [0.1, 0.15) is 0 Å². The molecule has 96 valence electrons. The zero-order chi connectivity index (χ0) is 12.9. The Bertz CT molecular complexity index is 361. The highest BCUT2D eigenvalue weighted by atomic mass is 19.4. The first-order valence-electron chi connectivity index (χ1n) is 5.68. The van der Waals surface area contributed by atoms with Crippen molar-refractivity contribution in [2.75, 3.05) is 13.6 Å². The highest BCUT2D eigenvalue weighted by Gasteiger charge is 2.31. The monoisotopic (exact) mass is 246 g/mol. The lowest BCUT2D eigenvalue weighted by molar-refractivity contribution is -0.137. The van der Waals surface area contributed by atoms with Crippen molar-refractivity contribution in [1.82, 2.24) is 10.3 Å². The smallest absolute Gasteiger partial charge is 0.319 e. The lowest BCUT2D eigenvalue weighted by Crippen LogP contribution is -2.14. The highest BCUT2D eigenvalue weighted by Crippen LogP contribution is 2.30. The molecule has 1 N–H and O–H groups in total. The van der Waals surface area contributed by atoms with Crippen LogP contribution in [0.15, 0.2) is 12.3 Å². The SMILES string of the molecule is CCCc1cc(C(F)(F)F)cnc1CCNC. The molecular formula is C12H17F3N2. The number of rotatable bonds is 5. The summed E-state index contributed by atoms with van der Waals surface area (Å²) < 4.78 is 37.6. The van der Waals surface area contributed by atoms with Crippen molar-refractivity contribution in [1.29, 1.82) is 0 Å². The minimum atomic E-state index is -4.31. The predicted molar refractivity (Wildman–Crippen MR) is 60.9 cm³/mol. The summed E-state index contributed by atoms with van der Waals surface area (Å²) in [5, 5.41) is 2.97. The van der Waals surface area contributed by atoms with Gasteiger partial charge in [-0.2, -0.15) is 13.2 Å². The van der Waals surface area contributed by atoms with Crippen LogP contribution in [-0.4, -0.2) is 18.6 Å². The fraction of sp³-hybridized carbons (Fsp3) is 0.583. The van der Waals surface area contributed by atoms with Gasteiger partial charge in [-0.3, -0.25) is 4.98 Å². The number of aromatic nitrogens is 1. The summed E-state index contributed by atoms with van der Waals surface area (Å²) in [6.07, 6.45) is -1.28. The topological polar surface area (TPSA) is 24.9 Å². The van der Waals surface area contributed by atoms with Crippen LogP contribution >= 0.6 is 0 Å². The third-order valence-corrected chi connectivity index (χ3v) is 2.52. The molecular weight excluding hydrogens is 229 g/mol. The van der Waals surface area contributed by atoms with Crippen LogP contribution < -0.4 is 5.32 Å². The number of nitrogens with one attached hydrogen (secondary N) is 1. The Morgan fingerprint density at radius 2 is 2.00 bits per heavy atom. The molecule has 0 saturated heterocycles. The number of halogens is 3. The first-order valence-corrected chi connectivity index (χ1v) is 5.68. The van der Waals surface area contributed by atoms with Crippen LogP contribution in [0.1, 0.15) is 30.2 Å². The molecule has 5 heteroatoms. The van der Waals surface area contributed by atoms with E-state index in [0.717, 1.165) is 24.9 Å². The Kier molecular flexibility index (Phi) is 4.93. The summed E-state index contributed by atoms with van der Waals surface area (Å²) in [5.74, 6) is 0. The normalized spacial score (nSPS) is 11.8. The summed E-state index contributed by atoms with van der Waals surface area (Å²) in [7, 11) is 1.81. The molecule has 0 unspecified atom stereocenters. The molecule has 0 saturated carbocycles. The van der Waals surface area contributed by atoms with Crippen molar-refractivity contribution >= 4 is 0 Å². The van der Waals surface area contributed by atoms with E-state index < -0.39 is 11.7 Å². The van der Waals surface area contributed by atoms with Gasteiger partial charge >= 0.3 is 6.18 Å². The Morgan fingerprint density at radius 1 is 1.29 bits per heavy atom. The Labute approximate surface area is 99.3 Å². The average Bonchev–Trinajstić information content (AvgIpc) is 2.26. The lowest BCUT2D eigenvalue weighted by atomic mass is 10.0. The molecule has 1 aromatic rings. The van der Waals surface area contributed by atoms with Gasteiger partial charge in [-0.25, -0.2) is 0 Å². The van der Waals surface area contributed by atoms with Crippen LogP contribution in [0.2, 0.25) is 0 Å². The zero-order valence-corrected chi connectivity index (χ0v) is 10.1. The molecule has 2 nitrogen and oxygen atoms in total. The molecule has 0 radical (unpaired) electrons.